The summed E-state index contributed by atoms with van der Waals surface area (Å²) in [6, 6.07) is 7.08. The Morgan fingerprint density at radius 3 is 2.81 bits per heavy atom. The third kappa shape index (κ3) is 2.66. The van der Waals surface area contributed by atoms with Crippen LogP contribution in [0.15, 0.2) is 34.5 Å². The summed E-state index contributed by atoms with van der Waals surface area (Å²) in [6.07, 6.45) is 0.278. The number of aromatic amines is 1. The Morgan fingerprint density at radius 1 is 1.33 bits per heavy atom. The lowest BCUT2D eigenvalue weighted by Gasteiger charge is -1.99. The lowest BCUT2D eigenvalue weighted by molar-refractivity contribution is -0.121. The number of nitrogens with zero attached hydrogens (tertiary/aromatic N) is 2. The highest BCUT2D eigenvalue weighted by Gasteiger charge is 2.33. The number of para-hydroxylation sites is 1. The molecule has 0 bridgehead atoms. The van der Waals surface area contributed by atoms with Crippen molar-refractivity contribution >= 4 is 32.3 Å². The first-order valence-corrected chi connectivity index (χ1v) is 8.24. The number of benzene rings is 1. The predicted molar refractivity (Wildman–Crippen MR) is 76.2 cm³/mol. The minimum absolute atomic E-state index is 0.0112. The lowest BCUT2D eigenvalue weighted by Crippen LogP contribution is -2.13. The summed E-state index contributed by atoms with van der Waals surface area (Å²) in [5.74, 6) is -1.54. The molecule has 1 aliphatic rings. The molecule has 0 radical (unpaired) electrons. The third-order valence-electron chi connectivity index (χ3n) is 3.49. The molecule has 110 valence electrons. The van der Waals surface area contributed by atoms with E-state index in [1.165, 1.54) is 0 Å². The summed E-state index contributed by atoms with van der Waals surface area (Å²) in [7, 11) is -3.13. The van der Waals surface area contributed by atoms with Crippen molar-refractivity contribution in [3.63, 3.8) is 0 Å². The number of sulfone groups is 1. The molecule has 7 nitrogen and oxygen atoms in total. The van der Waals surface area contributed by atoms with Crippen molar-refractivity contribution in [3.8, 4) is 5.88 Å². The van der Waals surface area contributed by atoms with Crippen molar-refractivity contribution in [2.45, 2.75) is 6.42 Å². The topological polar surface area (TPSA) is 112 Å². The van der Waals surface area contributed by atoms with Crippen LogP contribution in [0.2, 0.25) is 0 Å². The lowest BCUT2D eigenvalue weighted by atomic mass is 10.1. The Labute approximate surface area is 120 Å². The maximum atomic E-state index is 11.9. The number of nitrogens with one attached hydrogen (secondary N) is 1. The van der Waals surface area contributed by atoms with Crippen LogP contribution in [-0.4, -0.2) is 35.9 Å². The van der Waals surface area contributed by atoms with Crippen molar-refractivity contribution < 1.29 is 18.3 Å². The Morgan fingerprint density at radius 2 is 2.10 bits per heavy atom. The van der Waals surface area contributed by atoms with E-state index in [0.29, 0.717) is 10.9 Å². The van der Waals surface area contributed by atoms with Gasteiger partial charge in [-0.05, 0) is 12.5 Å². The van der Waals surface area contributed by atoms with Crippen LogP contribution in [0.4, 0.5) is 5.69 Å². The van der Waals surface area contributed by atoms with Gasteiger partial charge in [0.25, 0.3) is 5.91 Å². The molecule has 0 aliphatic carbocycles. The number of rotatable bonds is 2. The van der Waals surface area contributed by atoms with Gasteiger partial charge in [-0.15, -0.1) is 10.2 Å². The first kappa shape index (κ1) is 13.7. The minimum Gasteiger partial charge on any atom is -0.493 e. The van der Waals surface area contributed by atoms with E-state index in [2.05, 4.69) is 15.2 Å². The van der Waals surface area contributed by atoms with Crippen molar-refractivity contribution in [2.75, 3.05) is 11.5 Å². The Kier molecular flexibility index (Phi) is 3.25. The minimum atomic E-state index is -3.13. The number of fused-ring (bicyclic) bond motifs is 1. The van der Waals surface area contributed by atoms with Crippen LogP contribution in [0.1, 0.15) is 6.42 Å². The fraction of sp³-hybridized carbons (Fsp3) is 0.308. The molecule has 2 N–H and O–H groups in total. The average Bonchev–Trinajstić information content (AvgIpc) is 2.95. The summed E-state index contributed by atoms with van der Waals surface area (Å²) in [5.41, 5.74) is 0.861. The van der Waals surface area contributed by atoms with Crippen molar-refractivity contribution in [2.24, 2.45) is 16.1 Å². The summed E-state index contributed by atoms with van der Waals surface area (Å²) in [6.45, 7) is 0. The fourth-order valence-corrected chi connectivity index (χ4v) is 4.12. The quantitative estimate of drug-likeness (QED) is 0.825. The fourth-order valence-electron chi connectivity index (χ4n) is 2.38. The largest absolute Gasteiger partial charge is 0.493 e. The van der Waals surface area contributed by atoms with E-state index in [0.717, 1.165) is 0 Å². The molecule has 1 atom stereocenters. The number of azo groups is 1. The first-order valence-electron chi connectivity index (χ1n) is 6.42. The maximum Gasteiger partial charge on any atom is 0.268 e. The highest BCUT2D eigenvalue weighted by Crippen LogP contribution is 2.35. The smallest absolute Gasteiger partial charge is 0.268 e. The molecule has 0 saturated carbocycles. The Balaban J connectivity index is 1.85. The molecule has 0 unspecified atom stereocenters. The number of carbonyl (C=O) groups excluding carboxylic acids is 1. The normalized spacial score (nSPS) is 21.2. The van der Waals surface area contributed by atoms with Crippen molar-refractivity contribution in [1.29, 1.82) is 0 Å². The summed E-state index contributed by atoms with van der Waals surface area (Å²) in [4.78, 5) is 14.6. The van der Waals surface area contributed by atoms with Gasteiger partial charge in [-0.25, -0.2) is 8.42 Å². The van der Waals surface area contributed by atoms with Gasteiger partial charge in [-0.2, -0.15) is 0 Å². The maximum absolute atomic E-state index is 11.9. The van der Waals surface area contributed by atoms with Crippen molar-refractivity contribution in [3.05, 3.63) is 24.3 Å². The van der Waals surface area contributed by atoms with Crippen LogP contribution >= 0.6 is 0 Å². The molecule has 0 spiro atoms. The summed E-state index contributed by atoms with van der Waals surface area (Å²) in [5, 5.41) is 17.8. The third-order valence-corrected chi connectivity index (χ3v) is 5.26. The van der Waals surface area contributed by atoms with E-state index in [-0.39, 0.29) is 29.5 Å². The van der Waals surface area contributed by atoms with Gasteiger partial charge in [-0.3, -0.25) is 4.79 Å². The van der Waals surface area contributed by atoms with Gasteiger partial charge in [0.1, 0.15) is 0 Å². The number of H-pyrrole nitrogens is 1. The standard InChI is InChI=1S/C13H13N3O4S/c17-12(8-5-6-21(19,20)7-8)16-15-11-9-3-1-2-4-10(9)14-13(11)18/h1-4,8,14,18H,5-7H2/t8-/m1/s1. The highest BCUT2D eigenvalue weighted by atomic mass is 32.2. The van der Waals surface area contributed by atoms with Crippen LogP contribution in [-0.2, 0) is 14.6 Å². The molecule has 3 rings (SSSR count). The number of carbonyl (C=O) groups is 1. The second kappa shape index (κ2) is 4.96. The van der Waals surface area contributed by atoms with Gasteiger partial charge in [0.2, 0.25) is 5.88 Å². The number of hydrogen-bond donors (Lipinski definition) is 2. The van der Waals surface area contributed by atoms with E-state index >= 15 is 0 Å². The zero-order chi connectivity index (χ0) is 15.0. The molecule has 1 aromatic carbocycles. The van der Waals surface area contributed by atoms with Crippen molar-refractivity contribution in [1.82, 2.24) is 4.98 Å². The van der Waals surface area contributed by atoms with Gasteiger partial charge in [0, 0.05) is 5.39 Å². The van der Waals surface area contributed by atoms with Crippen LogP contribution in [0.3, 0.4) is 0 Å². The molecule has 1 amide bonds. The van der Waals surface area contributed by atoms with Crippen LogP contribution in [0.25, 0.3) is 10.9 Å². The molecule has 2 aromatic rings. The van der Waals surface area contributed by atoms with Gasteiger partial charge < -0.3 is 10.1 Å². The van der Waals surface area contributed by atoms with Gasteiger partial charge in [-0.1, -0.05) is 18.2 Å². The summed E-state index contributed by atoms with van der Waals surface area (Å²) >= 11 is 0. The Hall–Kier alpha value is -2.22. The second-order valence-corrected chi connectivity index (χ2v) is 7.23. The molecule has 8 heteroatoms. The molecular formula is C13H13N3O4S. The molecule has 2 heterocycles. The zero-order valence-electron chi connectivity index (χ0n) is 11.0. The van der Waals surface area contributed by atoms with E-state index < -0.39 is 21.7 Å². The number of aromatic nitrogens is 1. The first-order chi connectivity index (χ1) is 9.96. The van der Waals surface area contributed by atoms with E-state index in [4.69, 9.17) is 0 Å². The molecule has 1 fully saturated rings. The predicted octanol–water partition coefficient (Wildman–Crippen LogP) is 1.92. The van der Waals surface area contributed by atoms with Gasteiger partial charge in [0.15, 0.2) is 15.5 Å². The zero-order valence-corrected chi connectivity index (χ0v) is 11.8. The van der Waals surface area contributed by atoms with Gasteiger partial charge in [0.05, 0.1) is 22.9 Å². The molecular weight excluding hydrogens is 294 g/mol. The van der Waals surface area contributed by atoms with Crippen LogP contribution in [0, 0.1) is 5.92 Å². The van der Waals surface area contributed by atoms with Gasteiger partial charge >= 0.3 is 0 Å². The molecule has 1 aromatic heterocycles. The number of aromatic hydroxyl groups is 1. The number of hydrogen-bond acceptors (Lipinski definition) is 5. The molecule has 21 heavy (non-hydrogen) atoms. The summed E-state index contributed by atoms with van der Waals surface area (Å²) < 4.78 is 22.7. The average molecular weight is 307 g/mol. The highest BCUT2D eigenvalue weighted by molar-refractivity contribution is 7.91. The molecule has 1 saturated heterocycles. The number of amides is 1. The molecule has 1 aliphatic heterocycles. The monoisotopic (exact) mass is 307 g/mol. The van der Waals surface area contributed by atoms with Crippen LogP contribution in [0.5, 0.6) is 5.88 Å². The SMILES string of the molecule is O=C(N=Nc1c(O)[nH]c2ccccc12)[C@@H]1CCS(=O)(=O)C1. The Bertz CT molecular complexity index is 838. The van der Waals surface area contributed by atoms with E-state index in [9.17, 15) is 18.3 Å². The van der Waals surface area contributed by atoms with E-state index in [1.807, 2.05) is 0 Å². The van der Waals surface area contributed by atoms with Crippen LogP contribution < -0.4 is 0 Å². The second-order valence-electron chi connectivity index (χ2n) is 5.01. The van der Waals surface area contributed by atoms with E-state index in [1.54, 1.807) is 24.3 Å².